The minimum atomic E-state index is -0.336. The van der Waals surface area contributed by atoms with Crippen LogP contribution in [0.15, 0.2) is 42.5 Å². The Labute approximate surface area is 101 Å². The van der Waals surface area contributed by atoms with Gasteiger partial charge in [0.25, 0.3) is 0 Å². The molecule has 0 aliphatic carbocycles. The van der Waals surface area contributed by atoms with E-state index >= 15 is 0 Å². The summed E-state index contributed by atoms with van der Waals surface area (Å²) in [6.07, 6.45) is 0. The zero-order chi connectivity index (χ0) is 12.3. The fourth-order valence-electron chi connectivity index (χ4n) is 1.85. The van der Waals surface area contributed by atoms with Crippen LogP contribution in [0.5, 0.6) is 0 Å². The summed E-state index contributed by atoms with van der Waals surface area (Å²) in [6, 6.07) is 14.6. The van der Waals surface area contributed by atoms with Crippen molar-refractivity contribution in [1.82, 2.24) is 5.32 Å². The number of nitrogens with two attached hydrogens (primary N) is 1. The van der Waals surface area contributed by atoms with Crippen LogP contribution >= 0.6 is 0 Å². The van der Waals surface area contributed by atoms with Gasteiger partial charge in [-0.3, -0.25) is 4.79 Å². The molecule has 0 radical (unpaired) electrons. The molecule has 0 saturated carbocycles. The summed E-state index contributed by atoms with van der Waals surface area (Å²) in [5.41, 5.74) is 6.27. The van der Waals surface area contributed by atoms with Gasteiger partial charge in [0.15, 0.2) is 0 Å². The number of hydrogen-bond donors (Lipinski definition) is 2. The van der Waals surface area contributed by atoms with Gasteiger partial charge < -0.3 is 11.1 Å². The van der Waals surface area contributed by atoms with Crippen LogP contribution in [0.25, 0.3) is 10.8 Å². The van der Waals surface area contributed by atoms with Gasteiger partial charge in [0.1, 0.15) is 0 Å². The molecule has 0 aliphatic rings. The third-order valence-corrected chi connectivity index (χ3v) is 2.86. The second-order valence-corrected chi connectivity index (χ2v) is 4.18. The number of fused-ring (bicyclic) bond motifs is 1. The molecule has 1 atom stereocenters. The zero-order valence-electron chi connectivity index (χ0n) is 9.81. The predicted octanol–water partition coefficient (Wildman–Crippen LogP) is 1.98. The Morgan fingerprint density at radius 3 is 2.65 bits per heavy atom. The monoisotopic (exact) mass is 228 g/mol. The summed E-state index contributed by atoms with van der Waals surface area (Å²) in [5, 5.41) is 5.52. The molecule has 2 aromatic rings. The number of benzene rings is 2. The third-order valence-electron chi connectivity index (χ3n) is 2.86. The van der Waals surface area contributed by atoms with Gasteiger partial charge in [0, 0.05) is 6.04 Å². The van der Waals surface area contributed by atoms with E-state index in [9.17, 15) is 4.79 Å². The van der Waals surface area contributed by atoms with Crippen LogP contribution in [-0.2, 0) is 4.79 Å². The van der Waals surface area contributed by atoms with Crippen LogP contribution in [0.4, 0.5) is 0 Å². The van der Waals surface area contributed by atoms with E-state index in [1.807, 2.05) is 19.1 Å². The van der Waals surface area contributed by atoms with E-state index in [1.165, 1.54) is 10.8 Å². The third kappa shape index (κ3) is 2.82. The van der Waals surface area contributed by atoms with E-state index in [1.54, 1.807) is 0 Å². The molecule has 2 aromatic carbocycles. The van der Waals surface area contributed by atoms with Crippen molar-refractivity contribution in [2.45, 2.75) is 13.0 Å². The van der Waals surface area contributed by atoms with Crippen LogP contribution in [0.1, 0.15) is 18.5 Å². The molecule has 1 amide bonds. The molecular formula is C14H16N2O. The lowest BCUT2D eigenvalue weighted by molar-refractivity contribution is -0.117. The number of carbonyl (C=O) groups excluding carboxylic acids is 1. The largest absolute Gasteiger partial charge is 0.369 e. The average Bonchev–Trinajstić information content (AvgIpc) is 2.35. The van der Waals surface area contributed by atoms with Gasteiger partial charge in [-0.05, 0) is 29.3 Å². The van der Waals surface area contributed by atoms with Gasteiger partial charge in [-0.15, -0.1) is 0 Å². The minimum absolute atomic E-state index is 0.118. The standard InChI is InChI=1S/C14H16N2O/c1-10(16-9-14(15)17)12-7-6-11-4-2-3-5-13(11)8-12/h2-8,10,16H,9H2,1H3,(H2,15,17). The minimum Gasteiger partial charge on any atom is -0.369 e. The van der Waals surface area contributed by atoms with E-state index in [4.69, 9.17) is 5.73 Å². The first-order valence-electron chi connectivity index (χ1n) is 5.67. The molecule has 0 bridgehead atoms. The summed E-state index contributed by atoms with van der Waals surface area (Å²) in [5.74, 6) is -0.336. The van der Waals surface area contributed by atoms with Crippen LogP contribution in [0.3, 0.4) is 0 Å². The lowest BCUT2D eigenvalue weighted by Crippen LogP contribution is -2.30. The van der Waals surface area contributed by atoms with Crippen molar-refractivity contribution < 1.29 is 4.79 Å². The first kappa shape index (κ1) is 11.6. The van der Waals surface area contributed by atoms with Gasteiger partial charge in [-0.1, -0.05) is 36.4 Å². The van der Waals surface area contributed by atoms with Crippen LogP contribution in [-0.4, -0.2) is 12.5 Å². The van der Waals surface area contributed by atoms with Crippen LogP contribution < -0.4 is 11.1 Å². The highest BCUT2D eigenvalue weighted by Crippen LogP contribution is 2.19. The normalized spacial score (nSPS) is 12.5. The Hall–Kier alpha value is -1.87. The maximum atomic E-state index is 10.7. The Morgan fingerprint density at radius 2 is 1.94 bits per heavy atom. The molecule has 1 unspecified atom stereocenters. The Balaban J connectivity index is 2.20. The van der Waals surface area contributed by atoms with Crippen molar-refractivity contribution >= 4 is 16.7 Å². The maximum Gasteiger partial charge on any atom is 0.231 e. The molecule has 2 rings (SSSR count). The van der Waals surface area contributed by atoms with Gasteiger partial charge in [-0.25, -0.2) is 0 Å². The maximum absolute atomic E-state index is 10.7. The smallest absolute Gasteiger partial charge is 0.231 e. The van der Waals surface area contributed by atoms with E-state index in [0.717, 1.165) is 5.56 Å². The molecule has 0 heterocycles. The first-order chi connectivity index (χ1) is 8.16. The van der Waals surface area contributed by atoms with E-state index < -0.39 is 0 Å². The van der Waals surface area contributed by atoms with Crippen LogP contribution in [0.2, 0.25) is 0 Å². The van der Waals surface area contributed by atoms with E-state index in [2.05, 4.69) is 35.6 Å². The summed E-state index contributed by atoms with van der Waals surface area (Å²) in [4.78, 5) is 10.7. The van der Waals surface area contributed by atoms with Crippen LogP contribution in [0, 0.1) is 0 Å². The number of nitrogens with one attached hydrogen (secondary N) is 1. The van der Waals surface area contributed by atoms with Crippen molar-refractivity contribution in [2.24, 2.45) is 5.73 Å². The SMILES string of the molecule is CC(NCC(N)=O)c1ccc2ccccc2c1. The molecule has 3 N–H and O–H groups in total. The topological polar surface area (TPSA) is 55.1 Å². The molecule has 0 aromatic heterocycles. The highest BCUT2D eigenvalue weighted by atomic mass is 16.1. The number of amides is 1. The van der Waals surface area contributed by atoms with Gasteiger partial charge in [0.2, 0.25) is 5.91 Å². The fraction of sp³-hybridized carbons (Fsp3) is 0.214. The highest BCUT2D eigenvalue weighted by molar-refractivity contribution is 5.83. The average molecular weight is 228 g/mol. The van der Waals surface area contributed by atoms with Crippen molar-refractivity contribution in [3.8, 4) is 0 Å². The molecule has 3 heteroatoms. The Kier molecular flexibility index (Phi) is 3.40. The molecule has 0 fully saturated rings. The molecule has 0 aliphatic heterocycles. The summed E-state index contributed by atoms with van der Waals surface area (Å²) >= 11 is 0. The Morgan fingerprint density at radius 1 is 1.24 bits per heavy atom. The number of hydrogen-bond acceptors (Lipinski definition) is 2. The van der Waals surface area contributed by atoms with Crippen molar-refractivity contribution in [2.75, 3.05) is 6.54 Å². The molecular weight excluding hydrogens is 212 g/mol. The van der Waals surface area contributed by atoms with Gasteiger partial charge in [0.05, 0.1) is 6.54 Å². The lowest BCUT2D eigenvalue weighted by Gasteiger charge is -2.13. The predicted molar refractivity (Wildman–Crippen MR) is 69.6 cm³/mol. The number of primary amides is 1. The van der Waals surface area contributed by atoms with E-state index in [0.29, 0.717) is 0 Å². The Bertz CT molecular complexity index is 536. The van der Waals surface area contributed by atoms with Gasteiger partial charge >= 0.3 is 0 Å². The van der Waals surface area contributed by atoms with Gasteiger partial charge in [-0.2, -0.15) is 0 Å². The molecule has 17 heavy (non-hydrogen) atoms. The second-order valence-electron chi connectivity index (χ2n) is 4.18. The fourth-order valence-corrected chi connectivity index (χ4v) is 1.85. The molecule has 88 valence electrons. The summed E-state index contributed by atoms with van der Waals surface area (Å²) in [7, 11) is 0. The quantitative estimate of drug-likeness (QED) is 0.840. The zero-order valence-corrected chi connectivity index (χ0v) is 9.81. The highest BCUT2D eigenvalue weighted by Gasteiger charge is 2.06. The van der Waals surface area contributed by atoms with Crippen molar-refractivity contribution in [3.05, 3.63) is 48.0 Å². The summed E-state index contributed by atoms with van der Waals surface area (Å²) < 4.78 is 0. The lowest BCUT2D eigenvalue weighted by atomic mass is 10.0. The number of carbonyl (C=O) groups is 1. The molecule has 0 spiro atoms. The summed E-state index contributed by atoms with van der Waals surface area (Å²) in [6.45, 7) is 2.22. The molecule has 3 nitrogen and oxygen atoms in total. The number of rotatable bonds is 4. The van der Waals surface area contributed by atoms with Crippen molar-refractivity contribution in [1.29, 1.82) is 0 Å². The second kappa shape index (κ2) is 4.97. The molecule has 0 saturated heterocycles. The first-order valence-corrected chi connectivity index (χ1v) is 5.67. The van der Waals surface area contributed by atoms with E-state index in [-0.39, 0.29) is 18.5 Å². The van der Waals surface area contributed by atoms with Crippen molar-refractivity contribution in [3.63, 3.8) is 0 Å².